The Balaban J connectivity index is 1.46. The normalized spacial score (nSPS) is 20.4. The number of hydrogen-bond acceptors (Lipinski definition) is 4. The van der Waals surface area contributed by atoms with E-state index in [9.17, 15) is 18.0 Å². The van der Waals surface area contributed by atoms with Crippen LogP contribution in [0.2, 0.25) is 0 Å². The summed E-state index contributed by atoms with van der Waals surface area (Å²) in [5.74, 6) is 0.348. The zero-order chi connectivity index (χ0) is 21.1. The maximum Gasteiger partial charge on any atom is 0.416 e. The second-order valence-corrected chi connectivity index (χ2v) is 7.42. The van der Waals surface area contributed by atoms with Crippen molar-refractivity contribution >= 4 is 5.91 Å². The molecule has 2 aliphatic heterocycles. The fraction of sp³-hybridized carbons (Fsp3) is 0.409. The Morgan fingerprint density at radius 3 is 2.47 bits per heavy atom. The van der Waals surface area contributed by atoms with Crippen molar-refractivity contribution in [2.24, 2.45) is 5.92 Å². The highest BCUT2D eigenvalue weighted by Gasteiger charge is 2.33. The number of benzene rings is 2. The molecular weight excluding hydrogens is 399 g/mol. The van der Waals surface area contributed by atoms with Gasteiger partial charge in [0.1, 0.15) is 11.5 Å². The summed E-state index contributed by atoms with van der Waals surface area (Å²) in [6.07, 6.45) is -2.92. The fourth-order valence-electron chi connectivity index (χ4n) is 3.81. The predicted octanol–water partition coefficient (Wildman–Crippen LogP) is 4.72. The molecule has 30 heavy (non-hydrogen) atoms. The molecule has 2 aromatic rings. The summed E-state index contributed by atoms with van der Waals surface area (Å²) in [7, 11) is 0. The monoisotopic (exact) mass is 421 g/mol. The number of alkyl halides is 3. The van der Waals surface area contributed by atoms with Crippen molar-refractivity contribution in [3.8, 4) is 11.5 Å². The molecule has 8 heteroatoms. The average molecular weight is 421 g/mol. The molecule has 1 amide bonds. The van der Waals surface area contributed by atoms with Crippen LogP contribution in [0.3, 0.4) is 0 Å². The first-order chi connectivity index (χ1) is 14.4. The van der Waals surface area contributed by atoms with Crippen LogP contribution in [0.25, 0.3) is 0 Å². The van der Waals surface area contributed by atoms with Crippen LogP contribution < -0.4 is 4.74 Å². The first kappa shape index (κ1) is 20.7. The summed E-state index contributed by atoms with van der Waals surface area (Å²) in [4.78, 5) is 14.8. The minimum absolute atomic E-state index is 0.0583. The Labute approximate surface area is 172 Å². The second-order valence-electron chi connectivity index (χ2n) is 7.42. The Bertz CT molecular complexity index is 896. The second kappa shape index (κ2) is 8.65. The SMILES string of the molecule is O=C(c1cccc(Oc2cccc(C(F)(F)F)c2)c1)N1CCCC(C2OCCO2)C1. The standard InChI is InChI=1S/C22H22F3NO4/c23-22(24,25)17-6-2-8-19(13-17)30-18-7-1-4-15(12-18)20(27)26-9-3-5-16(14-26)21-28-10-11-29-21/h1-2,4,6-8,12-13,16,21H,3,5,9-11,14H2. The van der Waals surface area contributed by atoms with Gasteiger partial charge in [-0.05, 0) is 49.2 Å². The number of halogens is 3. The highest BCUT2D eigenvalue weighted by molar-refractivity contribution is 5.94. The third-order valence-electron chi connectivity index (χ3n) is 5.26. The minimum atomic E-state index is -4.45. The molecule has 160 valence electrons. The molecule has 0 saturated carbocycles. The van der Waals surface area contributed by atoms with Crippen molar-refractivity contribution in [3.05, 3.63) is 59.7 Å². The predicted molar refractivity (Wildman–Crippen MR) is 102 cm³/mol. The van der Waals surface area contributed by atoms with E-state index in [4.69, 9.17) is 14.2 Å². The Morgan fingerprint density at radius 1 is 1.03 bits per heavy atom. The van der Waals surface area contributed by atoms with Gasteiger partial charge in [-0.15, -0.1) is 0 Å². The number of nitrogens with zero attached hydrogens (tertiary/aromatic N) is 1. The lowest BCUT2D eigenvalue weighted by Gasteiger charge is -2.34. The van der Waals surface area contributed by atoms with Crippen molar-refractivity contribution in [1.29, 1.82) is 0 Å². The molecule has 0 aromatic heterocycles. The van der Waals surface area contributed by atoms with Gasteiger partial charge in [-0.25, -0.2) is 0 Å². The zero-order valence-electron chi connectivity index (χ0n) is 16.2. The molecule has 2 aromatic carbocycles. The van der Waals surface area contributed by atoms with Gasteiger partial charge in [0, 0.05) is 24.6 Å². The largest absolute Gasteiger partial charge is 0.457 e. The van der Waals surface area contributed by atoms with Gasteiger partial charge in [0.2, 0.25) is 0 Å². The quantitative estimate of drug-likeness (QED) is 0.717. The Kier molecular flexibility index (Phi) is 5.97. The average Bonchev–Trinajstić information content (AvgIpc) is 3.28. The van der Waals surface area contributed by atoms with E-state index in [1.165, 1.54) is 12.1 Å². The van der Waals surface area contributed by atoms with Gasteiger partial charge < -0.3 is 19.1 Å². The summed E-state index contributed by atoms with van der Waals surface area (Å²) in [6.45, 7) is 2.33. The van der Waals surface area contributed by atoms with Crippen LogP contribution in [-0.2, 0) is 15.7 Å². The molecule has 5 nitrogen and oxygen atoms in total. The van der Waals surface area contributed by atoms with E-state index in [0.717, 1.165) is 25.0 Å². The van der Waals surface area contributed by atoms with Crippen molar-refractivity contribution in [1.82, 2.24) is 4.90 Å². The Morgan fingerprint density at radius 2 is 1.73 bits per heavy atom. The molecule has 2 fully saturated rings. The summed E-state index contributed by atoms with van der Waals surface area (Å²) in [6, 6.07) is 11.1. The molecule has 1 atom stereocenters. The maximum absolute atomic E-state index is 13.0. The first-order valence-corrected chi connectivity index (χ1v) is 9.88. The smallest absolute Gasteiger partial charge is 0.416 e. The number of ether oxygens (including phenoxy) is 3. The molecule has 2 saturated heterocycles. The molecule has 0 spiro atoms. The molecular formula is C22H22F3NO4. The molecule has 0 bridgehead atoms. The first-order valence-electron chi connectivity index (χ1n) is 9.88. The topological polar surface area (TPSA) is 48.0 Å². The number of piperidine rings is 1. The molecule has 4 rings (SSSR count). The van der Waals surface area contributed by atoms with Crippen LogP contribution in [0.15, 0.2) is 48.5 Å². The fourth-order valence-corrected chi connectivity index (χ4v) is 3.81. The number of amides is 1. The summed E-state index contributed by atoms with van der Waals surface area (Å²) < 4.78 is 55.5. The van der Waals surface area contributed by atoms with Crippen molar-refractivity contribution in [3.63, 3.8) is 0 Å². The Hall–Kier alpha value is -2.58. The number of carbonyl (C=O) groups is 1. The summed E-state index contributed by atoms with van der Waals surface area (Å²) >= 11 is 0. The van der Waals surface area contributed by atoms with Gasteiger partial charge in [0.15, 0.2) is 6.29 Å². The lowest BCUT2D eigenvalue weighted by molar-refractivity contribution is -0.137. The molecule has 0 N–H and O–H groups in total. The van der Waals surface area contributed by atoms with Crippen molar-refractivity contribution < 1.29 is 32.2 Å². The third-order valence-corrected chi connectivity index (χ3v) is 5.26. The summed E-state index contributed by atoms with van der Waals surface area (Å²) in [5, 5.41) is 0. The van der Waals surface area contributed by atoms with Gasteiger partial charge in [-0.2, -0.15) is 13.2 Å². The lowest BCUT2D eigenvalue weighted by Crippen LogP contribution is -2.43. The van der Waals surface area contributed by atoms with Crippen molar-refractivity contribution in [2.75, 3.05) is 26.3 Å². The number of likely N-dealkylation sites (tertiary alicyclic amines) is 1. The molecule has 0 aliphatic carbocycles. The van der Waals surface area contributed by atoms with E-state index >= 15 is 0 Å². The number of hydrogen-bond donors (Lipinski definition) is 0. The zero-order valence-corrected chi connectivity index (χ0v) is 16.2. The van der Waals surface area contributed by atoms with E-state index in [0.29, 0.717) is 37.6 Å². The molecule has 0 radical (unpaired) electrons. The van der Waals surface area contributed by atoms with Crippen LogP contribution in [0, 0.1) is 5.92 Å². The van der Waals surface area contributed by atoms with Gasteiger partial charge in [-0.1, -0.05) is 12.1 Å². The van der Waals surface area contributed by atoms with Crippen LogP contribution in [0.4, 0.5) is 13.2 Å². The van der Waals surface area contributed by atoms with E-state index in [1.54, 1.807) is 29.2 Å². The van der Waals surface area contributed by atoms with Crippen LogP contribution in [0.5, 0.6) is 11.5 Å². The third kappa shape index (κ3) is 4.76. The van der Waals surface area contributed by atoms with Gasteiger partial charge in [0.05, 0.1) is 18.8 Å². The maximum atomic E-state index is 13.0. The van der Waals surface area contributed by atoms with Crippen LogP contribution in [-0.4, -0.2) is 43.4 Å². The van der Waals surface area contributed by atoms with Crippen LogP contribution in [0.1, 0.15) is 28.8 Å². The van der Waals surface area contributed by atoms with E-state index in [-0.39, 0.29) is 23.9 Å². The van der Waals surface area contributed by atoms with E-state index in [1.807, 2.05) is 0 Å². The van der Waals surface area contributed by atoms with Gasteiger partial charge in [0.25, 0.3) is 5.91 Å². The molecule has 2 heterocycles. The summed E-state index contributed by atoms with van der Waals surface area (Å²) in [5.41, 5.74) is -0.365. The van der Waals surface area contributed by atoms with Crippen LogP contribution >= 0.6 is 0 Å². The minimum Gasteiger partial charge on any atom is -0.457 e. The van der Waals surface area contributed by atoms with E-state index in [2.05, 4.69) is 0 Å². The molecule has 1 unspecified atom stereocenters. The number of carbonyl (C=O) groups excluding carboxylic acids is 1. The highest BCUT2D eigenvalue weighted by atomic mass is 19.4. The number of rotatable bonds is 4. The molecule has 2 aliphatic rings. The lowest BCUT2D eigenvalue weighted by atomic mass is 9.96. The van der Waals surface area contributed by atoms with Gasteiger partial charge in [-0.3, -0.25) is 4.79 Å². The van der Waals surface area contributed by atoms with Gasteiger partial charge >= 0.3 is 6.18 Å². The van der Waals surface area contributed by atoms with E-state index < -0.39 is 11.7 Å². The highest BCUT2D eigenvalue weighted by Crippen LogP contribution is 2.33. The van der Waals surface area contributed by atoms with Crippen molar-refractivity contribution in [2.45, 2.75) is 25.3 Å².